The lowest BCUT2D eigenvalue weighted by atomic mass is 10.2. The highest BCUT2D eigenvalue weighted by molar-refractivity contribution is 5.99. The van der Waals surface area contributed by atoms with Gasteiger partial charge in [-0.25, -0.2) is 0 Å². The van der Waals surface area contributed by atoms with Gasteiger partial charge in [0.15, 0.2) is 5.82 Å². The third-order valence-electron chi connectivity index (χ3n) is 2.20. The molecular weight excluding hydrogens is 208 g/mol. The molecule has 4 N–H and O–H groups in total. The number of aliphatic hydroxyl groups excluding tert-OH is 1. The average molecular weight is 224 g/mol. The van der Waals surface area contributed by atoms with Crippen molar-refractivity contribution in [2.45, 2.75) is 6.92 Å². The molecule has 0 radical (unpaired) electrons. The maximum absolute atomic E-state index is 12.1. The van der Waals surface area contributed by atoms with Crippen LogP contribution in [0.25, 0.3) is 0 Å². The molecule has 88 valence electrons. The molecule has 0 spiro atoms. The predicted octanol–water partition coefficient (Wildman–Crippen LogP) is -0.0792. The van der Waals surface area contributed by atoms with Gasteiger partial charge in [-0.15, -0.1) is 6.58 Å². The quantitative estimate of drug-likeness (QED) is 0.610. The van der Waals surface area contributed by atoms with Crippen molar-refractivity contribution in [2.24, 2.45) is 0 Å². The van der Waals surface area contributed by atoms with Gasteiger partial charge in [0.2, 0.25) is 0 Å². The summed E-state index contributed by atoms with van der Waals surface area (Å²) in [5, 5.41) is 15.3. The largest absolute Gasteiger partial charge is 0.395 e. The number of H-pyrrole nitrogens is 1. The van der Waals surface area contributed by atoms with Crippen LogP contribution in [0.4, 0.5) is 5.82 Å². The van der Waals surface area contributed by atoms with E-state index < -0.39 is 0 Å². The van der Waals surface area contributed by atoms with Crippen molar-refractivity contribution in [3.05, 3.63) is 23.9 Å². The predicted molar refractivity (Wildman–Crippen MR) is 60.9 cm³/mol. The number of hydrogen-bond acceptors (Lipinski definition) is 4. The van der Waals surface area contributed by atoms with Crippen molar-refractivity contribution >= 4 is 11.7 Å². The lowest BCUT2D eigenvalue weighted by Gasteiger charge is -2.19. The molecule has 0 aliphatic rings. The SMILES string of the molecule is C=CCN(CCO)C(=O)c1c(N)n[nH]c1C. The Bertz CT molecular complexity index is 367. The molecule has 1 heterocycles. The molecular formula is C10H16N4O2. The Morgan fingerprint density at radius 1 is 1.75 bits per heavy atom. The topological polar surface area (TPSA) is 95.2 Å². The first-order valence-corrected chi connectivity index (χ1v) is 4.93. The summed E-state index contributed by atoms with van der Waals surface area (Å²) < 4.78 is 0. The lowest BCUT2D eigenvalue weighted by Crippen LogP contribution is -2.34. The van der Waals surface area contributed by atoms with Gasteiger partial charge in [-0.05, 0) is 6.92 Å². The zero-order valence-corrected chi connectivity index (χ0v) is 9.23. The number of nitrogens with one attached hydrogen (secondary N) is 1. The zero-order valence-electron chi connectivity index (χ0n) is 9.23. The van der Waals surface area contributed by atoms with Crippen LogP contribution in [0.5, 0.6) is 0 Å². The minimum Gasteiger partial charge on any atom is -0.395 e. The van der Waals surface area contributed by atoms with Gasteiger partial charge in [-0.2, -0.15) is 5.10 Å². The van der Waals surface area contributed by atoms with E-state index in [1.807, 2.05) is 0 Å². The standard InChI is InChI=1S/C10H16N4O2/c1-3-4-14(5-6-15)10(16)8-7(2)12-13-9(8)11/h3,15H,1,4-6H2,2H3,(H3,11,12,13). The number of nitrogens with zero attached hydrogens (tertiary/aromatic N) is 2. The maximum Gasteiger partial charge on any atom is 0.259 e. The van der Waals surface area contributed by atoms with Gasteiger partial charge in [-0.3, -0.25) is 9.89 Å². The Hall–Kier alpha value is -1.82. The number of anilines is 1. The molecule has 0 aliphatic heterocycles. The van der Waals surface area contributed by atoms with E-state index in [1.54, 1.807) is 13.0 Å². The summed E-state index contributed by atoms with van der Waals surface area (Å²) in [4.78, 5) is 13.5. The summed E-state index contributed by atoms with van der Waals surface area (Å²) in [6.07, 6.45) is 1.60. The van der Waals surface area contributed by atoms with Gasteiger partial charge in [0.05, 0.1) is 6.61 Å². The second-order valence-corrected chi connectivity index (χ2v) is 3.37. The molecule has 6 heteroatoms. The summed E-state index contributed by atoms with van der Waals surface area (Å²) in [5.74, 6) is -0.0767. The molecule has 1 aromatic heterocycles. The van der Waals surface area contributed by atoms with Crippen molar-refractivity contribution in [1.29, 1.82) is 0 Å². The number of carbonyl (C=O) groups is 1. The first-order valence-electron chi connectivity index (χ1n) is 4.93. The van der Waals surface area contributed by atoms with Crippen molar-refractivity contribution in [3.63, 3.8) is 0 Å². The highest BCUT2D eigenvalue weighted by atomic mass is 16.3. The highest BCUT2D eigenvalue weighted by Crippen LogP contribution is 2.15. The molecule has 1 amide bonds. The third-order valence-corrected chi connectivity index (χ3v) is 2.20. The van der Waals surface area contributed by atoms with E-state index in [0.29, 0.717) is 17.8 Å². The first-order chi connectivity index (χ1) is 7.61. The van der Waals surface area contributed by atoms with Crippen LogP contribution in [0.1, 0.15) is 16.1 Å². The summed E-state index contributed by atoms with van der Waals surface area (Å²) >= 11 is 0. The minimum absolute atomic E-state index is 0.101. The summed E-state index contributed by atoms with van der Waals surface area (Å²) in [6, 6.07) is 0. The minimum atomic E-state index is -0.252. The van der Waals surface area contributed by atoms with Gasteiger partial charge in [0.1, 0.15) is 5.56 Å². The first kappa shape index (κ1) is 12.3. The van der Waals surface area contributed by atoms with Crippen LogP contribution in [0.3, 0.4) is 0 Å². The number of nitrogens with two attached hydrogens (primary N) is 1. The van der Waals surface area contributed by atoms with Crippen LogP contribution in [0.15, 0.2) is 12.7 Å². The van der Waals surface area contributed by atoms with E-state index in [4.69, 9.17) is 10.8 Å². The molecule has 6 nitrogen and oxygen atoms in total. The molecule has 0 unspecified atom stereocenters. The van der Waals surface area contributed by atoms with Gasteiger partial charge >= 0.3 is 0 Å². The van der Waals surface area contributed by atoms with Crippen LogP contribution >= 0.6 is 0 Å². The van der Waals surface area contributed by atoms with Crippen molar-refractivity contribution in [1.82, 2.24) is 15.1 Å². The number of carbonyl (C=O) groups excluding carboxylic acids is 1. The summed E-state index contributed by atoms with van der Waals surface area (Å²) in [5.41, 5.74) is 6.57. The number of rotatable bonds is 5. The smallest absolute Gasteiger partial charge is 0.259 e. The Labute approximate surface area is 93.7 Å². The third kappa shape index (κ3) is 2.40. The van der Waals surface area contributed by atoms with Crippen molar-refractivity contribution in [2.75, 3.05) is 25.4 Å². The monoisotopic (exact) mass is 224 g/mol. The Kier molecular flexibility index (Phi) is 4.07. The normalized spacial score (nSPS) is 10.1. The lowest BCUT2D eigenvalue weighted by molar-refractivity contribution is 0.0743. The van der Waals surface area contributed by atoms with Gasteiger partial charge in [-0.1, -0.05) is 6.08 Å². The zero-order chi connectivity index (χ0) is 12.1. The van der Waals surface area contributed by atoms with Crippen LogP contribution in [0, 0.1) is 6.92 Å². The number of aromatic nitrogens is 2. The molecule has 0 aliphatic carbocycles. The molecule has 0 fully saturated rings. The van der Waals surface area contributed by atoms with E-state index in [2.05, 4.69) is 16.8 Å². The second kappa shape index (κ2) is 5.32. The van der Waals surface area contributed by atoms with Crippen LogP contribution < -0.4 is 5.73 Å². The number of aliphatic hydroxyl groups is 1. The van der Waals surface area contributed by atoms with Crippen molar-refractivity contribution < 1.29 is 9.90 Å². The number of aromatic amines is 1. The number of hydrogen-bond donors (Lipinski definition) is 3. The molecule has 0 aromatic carbocycles. The summed E-state index contributed by atoms with van der Waals surface area (Å²) in [6.45, 7) is 5.79. The van der Waals surface area contributed by atoms with E-state index in [1.165, 1.54) is 4.90 Å². The number of amides is 1. The van der Waals surface area contributed by atoms with Gasteiger partial charge < -0.3 is 15.7 Å². The Morgan fingerprint density at radius 3 is 2.88 bits per heavy atom. The second-order valence-electron chi connectivity index (χ2n) is 3.37. The molecule has 1 aromatic rings. The van der Waals surface area contributed by atoms with E-state index in [9.17, 15) is 4.79 Å². The van der Waals surface area contributed by atoms with Crippen LogP contribution in [-0.2, 0) is 0 Å². The Morgan fingerprint density at radius 2 is 2.44 bits per heavy atom. The fourth-order valence-corrected chi connectivity index (χ4v) is 1.43. The molecule has 16 heavy (non-hydrogen) atoms. The molecule has 0 atom stereocenters. The van der Waals surface area contributed by atoms with Gasteiger partial charge in [0.25, 0.3) is 5.91 Å². The van der Waals surface area contributed by atoms with E-state index in [-0.39, 0.29) is 24.9 Å². The van der Waals surface area contributed by atoms with E-state index in [0.717, 1.165) is 0 Å². The molecule has 0 saturated carbocycles. The van der Waals surface area contributed by atoms with Gasteiger partial charge in [0, 0.05) is 18.8 Å². The molecule has 0 bridgehead atoms. The molecule has 1 rings (SSSR count). The fourth-order valence-electron chi connectivity index (χ4n) is 1.43. The summed E-state index contributed by atoms with van der Waals surface area (Å²) in [7, 11) is 0. The van der Waals surface area contributed by atoms with Crippen LogP contribution in [0.2, 0.25) is 0 Å². The molecule has 0 saturated heterocycles. The van der Waals surface area contributed by atoms with E-state index >= 15 is 0 Å². The fraction of sp³-hybridized carbons (Fsp3) is 0.400. The highest BCUT2D eigenvalue weighted by Gasteiger charge is 2.21. The van der Waals surface area contributed by atoms with Crippen LogP contribution in [-0.4, -0.2) is 45.8 Å². The number of aryl methyl sites for hydroxylation is 1. The maximum atomic E-state index is 12.1. The van der Waals surface area contributed by atoms with Crippen molar-refractivity contribution in [3.8, 4) is 0 Å². The number of nitrogen functional groups attached to an aromatic ring is 1. The Balaban J connectivity index is 2.93. The average Bonchev–Trinajstić information content (AvgIpc) is 2.57.